The lowest BCUT2D eigenvalue weighted by molar-refractivity contribution is -0.144. The number of aromatic hydroxyl groups is 1. The Morgan fingerprint density at radius 3 is 2.46 bits per heavy atom. The maximum absolute atomic E-state index is 13.9. The average Bonchev–Trinajstić information content (AvgIpc) is 3.52. The monoisotopic (exact) mass is 554 g/mol. The lowest BCUT2D eigenvalue weighted by atomic mass is 9.69. The van der Waals surface area contributed by atoms with Gasteiger partial charge in [-0.3, -0.25) is 19.4 Å². The number of phenols is 1. The minimum absolute atomic E-state index is 0.00135. The van der Waals surface area contributed by atoms with Crippen LogP contribution in [0.1, 0.15) is 63.5 Å². The standard InChI is InChI=1S/C35H42N2O4/c1-3-25-20-28-33(29-22-41-31(32(25)29)14-13-23(2)19-26-11-7-8-12-30(26)38)35(40)37(34(28)39)27-15-17-36(18-16-27)21-24-9-5-4-6-10-24/h4-12,19,27-29,31,33,38H,3,13-18,20-22H2,1-2H3/b23-19+/t28-,29+,31-,33-/m1/s1. The number of piperidine rings is 1. The molecule has 2 aromatic carbocycles. The molecule has 0 aromatic heterocycles. The molecule has 0 saturated carbocycles. The van der Waals surface area contributed by atoms with Gasteiger partial charge in [-0.2, -0.15) is 0 Å². The number of phenolic OH excluding ortho intramolecular Hbond substituents is 1. The SMILES string of the molecule is CCC1=C2[C@@H](CC/C(C)=C/c3ccccc3O)OC[C@@H]2[C@@H]2C(=O)N(C3CCN(Cc4ccccc4)CC3)C(=O)[C@@H]2C1. The third-order valence-corrected chi connectivity index (χ3v) is 9.78. The lowest BCUT2D eigenvalue weighted by Gasteiger charge is -2.36. The first-order chi connectivity index (χ1) is 19.9. The number of fused-ring (bicyclic) bond motifs is 3. The van der Waals surface area contributed by atoms with Gasteiger partial charge in [-0.05, 0) is 62.7 Å². The second-order valence-corrected chi connectivity index (χ2v) is 12.3. The highest BCUT2D eigenvalue weighted by Crippen LogP contribution is 2.51. The smallest absolute Gasteiger partial charge is 0.234 e. The minimum Gasteiger partial charge on any atom is -0.507 e. The molecular formula is C35H42N2O4. The first-order valence-electron chi connectivity index (χ1n) is 15.4. The van der Waals surface area contributed by atoms with Crippen LogP contribution in [0.5, 0.6) is 5.75 Å². The van der Waals surface area contributed by atoms with E-state index in [2.05, 4.69) is 43.0 Å². The number of para-hydroxylation sites is 1. The van der Waals surface area contributed by atoms with Crippen molar-refractivity contribution in [3.8, 4) is 5.75 Å². The van der Waals surface area contributed by atoms with Gasteiger partial charge in [0.05, 0.1) is 24.5 Å². The fourth-order valence-electron chi connectivity index (χ4n) is 7.68. The molecule has 1 N–H and O–H groups in total. The average molecular weight is 555 g/mol. The molecule has 6 nitrogen and oxygen atoms in total. The predicted molar refractivity (Wildman–Crippen MR) is 160 cm³/mol. The van der Waals surface area contributed by atoms with Crippen molar-refractivity contribution in [1.29, 1.82) is 0 Å². The molecule has 0 unspecified atom stereocenters. The number of amides is 2. The van der Waals surface area contributed by atoms with Crippen LogP contribution in [0.4, 0.5) is 0 Å². The Morgan fingerprint density at radius 1 is 1.00 bits per heavy atom. The number of hydrogen-bond acceptors (Lipinski definition) is 5. The topological polar surface area (TPSA) is 70.1 Å². The maximum Gasteiger partial charge on any atom is 0.234 e. The van der Waals surface area contributed by atoms with Crippen LogP contribution in [-0.4, -0.2) is 58.6 Å². The zero-order chi connectivity index (χ0) is 28.5. The quantitative estimate of drug-likeness (QED) is 0.322. The van der Waals surface area contributed by atoms with Crippen molar-refractivity contribution in [1.82, 2.24) is 9.80 Å². The third kappa shape index (κ3) is 5.52. The Hall–Kier alpha value is -3.22. The Balaban J connectivity index is 1.12. The second-order valence-electron chi connectivity index (χ2n) is 12.3. The number of nitrogens with zero attached hydrogens (tertiary/aromatic N) is 2. The van der Waals surface area contributed by atoms with Crippen LogP contribution in [0.2, 0.25) is 0 Å². The van der Waals surface area contributed by atoms with E-state index in [1.807, 2.05) is 30.3 Å². The molecule has 41 heavy (non-hydrogen) atoms. The molecule has 3 heterocycles. The molecule has 0 spiro atoms. The van der Waals surface area contributed by atoms with E-state index in [1.165, 1.54) is 22.3 Å². The summed E-state index contributed by atoms with van der Waals surface area (Å²) in [7, 11) is 0. The first-order valence-corrected chi connectivity index (χ1v) is 15.4. The number of allylic oxidation sites excluding steroid dienone is 2. The molecular weight excluding hydrogens is 512 g/mol. The van der Waals surface area contributed by atoms with Gasteiger partial charge in [0.1, 0.15) is 5.75 Å². The highest BCUT2D eigenvalue weighted by Gasteiger charge is 2.58. The fraction of sp³-hybridized carbons (Fsp3) is 0.486. The molecule has 6 rings (SSSR count). The normalized spacial score (nSPS) is 27.5. The number of carbonyl (C=O) groups excluding carboxylic acids is 2. The van der Waals surface area contributed by atoms with Crippen LogP contribution in [0.25, 0.3) is 6.08 Å². The van der Waals surface area contributed by atoms with Crippen LogP contribution in [0.15, 0.2) is 71.3 Å². The highest BCUT2D eigenvalue weighted by atomic mass is 16.5. The lowest BCUT2D eigenvalue weighted by Crippen LogP contribution is -2.47. The molecule has 3 fully saturated rings. The van der Waals surface area contributed by atoms with E-state index in [-0.39, 0.29) is 47.5 Å². The van der Waals surface area contributed by atoms with Crippen molar-refractivity contribution in [3.05, 3.63) is 82.4 Å². The minimum atomic E-state index is -0.280. The van der Waals surface area contributed by atoms with Crippen LogP contribution in [-0.2, 0) is 20.9 Å². The van der Waals surface area contributed by atoms with Crippen molar-refractivity contribution in [2.24, 2.45) is 17.8 Å². The van der Waals surface area contributed by atoms with E-state index in [0.717, 1.165) is 57.3 Å². The number of likely N-dealkylation sites (tertiary alicyclic amines) is 2. The van der Waals surface area contributed by atoms with E-state index < -0.39 is 0 Å². The van der Waals surface area contributed by atoms with Gasteiger partial charge in [-0.25, -0.2) is 0 Å². The summed E-state index contributed by atoms with van der Waals surface area (Å²) in [5.74, 6) is -0.128. The van der Waals surface area contributed by atoms with Crippen molar-refractivity contribution in [3.63, 3.8) is 0 Å². The summed E-state index contributed by atoms with van der Waals surface area (Å²) in [5.41, 5.74) is 5.93. The van der Waals surface area contributed by atoms with Crippen LogP contribution >= 0.6 is 0 Å². The van der Waals surface area contributed by atoms with Crippen LogP contribution in [0.3, 0.4) is 0 Å². The predicted octanol–water partition coefficient (Wildman–Crippen LogP) is 5.97. The Kier molecular flexibility index (Phi) is 8.14. The van der Waals surface area contributed by atoms with Crippen LogP contribution in [0, 0.1) is 17.8 Å². The zero-order valence-electron chi connectivity index (χ0n) is 24.3. The number of rotatable bonds is 8. The second kappa shape index (κ2) is 11.9. The summed E-state index contributed by atoms with van der Waals surface area (Å²) in [6.07, 6.45) is 6.98. The van der Waals surface area contributed by atoms with E-state index in [9.17, 15) is 14.7 Å². The molecule has 0 bridgehead atoms. The zero-order valence-corrected chi connectivity index (χ0v) is 24.3. The number of ether oxygens (including phenoxy) is 1. The van der Waals surface area contributed by atoms with Gasteiger partial charge in [0.25, 0.3) is 0 Å². The van der Waals surface area contributed by atoms with Gasteiger partial charge in [0.15, 0.2) is 0 Å². The summed E-state index contributed by atoms with van der Waals surface area (Å²) in [5, 5.41) is 10.1. The Labute approximate surface area is 243 Å². The Morgan fingerprint density at radius 2 is 1.73 bits per heavy atom. The molecule has 216 valence electrons. The van der Waals surface area contributed by atoms with Crippen molar-refractivity contribution < 1.29 is 19.4 Å². The molecule has 1 aliphatic carbocycles. The summed E-state index contributed by atoms with van der Waals surface area (Å²) < 4.78 is 6.38. The summed E-state index contributed by atoms with van der Waals surface area (Å²) in [6, 6.07) is 17.9. The van der Waals surface area contributed by atoms with Gasteiger partial charge < -0.3 is 9.84 Å². The van der Waals surface area contributed by atoms with E-state index >= 15 is 0 Å². The highest BCUT2D eigenvalue weighted by molar-refractivity contribution is 6.06. The summed E-state index contributed by atoms with van der Waals surface area (Å²) in [4.78, 5) is 31.8. The summed E-state index contributed by atoms with van der Waals surface area (Å²) in [6.45, 7) is 7.49. The van der Waals surface area contributed by atoms with Gasteiger partial charge in [0.2, 0.25) is 11.8 Å². The van der Waals surface area contributed by atoms with Gasteiger partial charge >= 0.3 is 0 Å². The number of carbonyl (C=O) groups is 2. The largest absolute Gasteiger partial charge is 0.507 e. The molecule has 3 aliphatic heterocycles. The van der Waals surface area contributed by atoms with Crippen molar-refractivity contribution >= 4 is 17.9 Å². The van der Waals surface area contributed by atoms with Gasteiger partial charge in [-0.1, -0.05) is 72.7 Å². The van der Waals surface area contributed by atoms with Crippen LogP contribution < -0.4 is 0 Å². The van der Waals surface area contributed by atoms with E-state index in [0.29, 0.717) is 13.0 Å². The molecule has 3 saturated heterocycles. The van der Waals surface area contributed by atoms with Crippen molar-refractivity contribution in [2.45, 2.75) is 71.1 Å². The van der Waals surface area contributed by atoms with Crippen molar-refractivity contribution in [2.75, 3.05) is 19.7 Å². The number of hydrogen-bond donors (Lipinski definition) is 1. The van der Waals surface area contributed by atoms with E-state index in [1.54, 1.807) is 11.0 Å². The maximum atomic E-state index is 13.9. The number of imide groups is 1. The molecule has 4 atom stereocenters. The molecule has 2 amide bonds. The molecule has 2 aromatic rings. The van der Waals surface area contributed by atoms with Gasteiger partial charge in [-0.15, -0.1) is 0 Å². The molecule has 0 radical (unpaired) electrons. The summed E-state index contributed by atoms with van der Waals surface area (Å²) >= 11 is 0. The Bertz CT molecular complexity index is 1340. The van der Waals surface area contributed by atoms with E-state index in [4.69, 9.17) is 4.74 Å². The first kappa shape index (κ1) is 27.9. The van der Waals surface area contributed by atoms with Gasteiger partial charge in [0, 0.05) is 37.2 Å². The fourth-order valence-corrected chi connectivity index (χ4v) is 7.68. The third-order valence-electron chi connectivity index (χ3n) is 9.78. The number of benzene rings is 2. The molecule has 6 heteroatoms. The molecule has 4 aliphatic rings.